The molecule has 1 amide bonds. The lowest BCUT2D eigenvalue weighted by molar-refractivity contribution is 0.0943. The highest BCUT2D eigenvalue weighted by molar-refractivity contribution is 6.07. The maximum atomic E-state index is 13.8. The lowest BCUT2D eigenvalue weighted by Gasteiger charge is -2.26. The van der Waals surface area contributed by atoms with Crippen LogP contribution in [0.15, 0.2) is 103 Å². The summed E-state index contributed by atoms with van der Waals surface area (Å²) in [5.74, 6) is 1.87. The average molecular weight is 560 g/mol. The first kappa shape index (κ1) is 26.7. The zero-order valence-electron chi connectivity index (χ0n) is 23.4. The maximum absolute atomic E-state index is 13.8. The maximum Gasteiger partial charge on any atom is 0.270 e. The van der Waals surface area contributed by atoms with Crippen LogP contribution in [-0.2, 0) is 0 Å². The van der Waals surface area contributed by atoms with Crippen LogP contribution in [0, 0.1) is 0 Å². The van der Waals surface area contributed by atoms with Crippen molar-refractivity contribution in [2.45, 2.75) is 6.10 Å². The Hall–Kier alpha value is -5.50. The number of benzene rings is 4. The molecule has 1 aliphatic rings. The fourth-order valence-electron chi connectivity index (χ4n) is 5.05. The third-order valence-corrected chi connectivity index (χ3v) is 7.11. The Balaban J connectivity index is 1.35. The van der Waals surface area contributed by atoms with Crippen molar-refractivity contribution in [3.05, 3.63) is 120 Å². The molecule has 0 unspecified atom stereocenters. The topological polar surface area (TPSA) is 90.9 Å². The number of rotatable bonds is 8. The second-order valence-corrected chi connectivity index (χ2v) is 9.59. The molecule has 0 bridgehead atoms. The number of hydrazine groups is 1. The van der Waals surface area contributed by atoms with Gasteiger partial charge in [-0.15, -0.1) is 0 Å². The van der Waals surface area contributed by atoms with Gasteiger partial charge in [-0.05, 0) is 48.0 Å². The van der Waals surface area contributed by atoms with Crippen LogP contribution in [0.2, 0.25) is 0 Å². The molecule has 2 heterocycles. The zero-order chi connectivity index (χ0) is 29.1. The van der Waals surface area contributed by atoms with Crippen LogP contribution in [0.1, 0.15) is 27.6 Å². The van der Waals surface area contributed by atoms with Gasteiger partial charge in [0.2, 0.25) is 5.75 Å². The molecule has 0 radical (unpaired) electrons. The second kappa shape index (κ2) is 11.5. The summed E-state index contributed by atoms with van der Waals surface area (Å²) in [7, 11) is 4.67. The van der Waals surface area contributed by atoms with Gasteiger partial charge in [0, 0.05) is 16.5 Å². The average Bonchev–Trinajstić information content (AvgIpc) is 3.05. The van der Waals surface area contributed by atoms with Crippen LogP contribution in [0.25, 0.3) is 27.9 Å². The number of aromatic nitrogens is 1. The number of fused-ring (bicyclic) bond motifs is 2. The van der Waals surface area contributed by atoms with Gasteiger partial charge in [0.05, 0.1) is 43.8 Å². The first-order valence-electron chi connectivity index (χ1n) is 13.4. The van der Waals surface area contributed by atoms with Gasteiger partial charge < -0.3 is 18.9 Å². The van der Waals surface area contributed by atoms with Crippen LogP contribution in [-0.4, -0.2) is 32.2 Å². The predicted octanol–water partition coefficient (Wildman–Crippen LogP) is 6.34. The first-order chi connectivity index (χ1) is 20.6. The molecule has 0 saturated carbocycles. The zero-order valence-corrected chi connectivity index (χ0v) is 23.4. The van der Waals surface area contributed by atoms with Crippen LogP contribution in [0.4, 0.5) is 0 Å². The summed E-state index contributed by atoms with van der Waals surface area (Å²) >= 11 is 0. The predicted molar refractivity (Wildman–Crippen MR) is 162 cm³/mol. The summed E-state index contributed by atoms with van der Waals surface area (Å²) in [5, 5.41) is 0.719. The van der Waals surface area contributed by atoms with Gasteiger partial charge in [0.15, 0.2) is 11.5 Å². The van der Waals surface area contributed by atoms with E-state index in [4.69, 9.17) is 23.9 Å². The van der Waals surface area contributed by atoms with Crippen LogP contribution < -0.4 is 29.8 Å². The standard InChI is InChI=1S/C34H29N3O5/c1-39-31-17-22(18-32(40-2)33(31)41-3)27-19-25(23-13-7-9-15-26(23)35-27)34(38)37-36-28-20-30(21-11-5-4-6-12-21)42-29-16-10-8-14-24(28)29/h4-20,30,36H,1-3H3,(H,37,38)/t30-/m0/s1. The second-order valence-electron chi connectivity index (χ2n) is 9.59. The molecule has 1 atom stereocenters. The van der Waals surface area contributed by atoms with Gasteiger partial charge in [0.1, 0.15) is 11.9 Å². The van der Waals surface area contributed by atoms with Crippen LogP contribution >= 0.6 is 0 Å². The van der Waals surface area contributed by atoms with Gasteiger partial charge in [-0.3, -0.25) is 15.6 Å². The van der Waals surface area contributed by atoms with E-state index in [1.807, 2.05) is 97.1 Å². The number of amides is 1. The third kappa shape index (κ3) is 5.06. The van der Waals surface area contributed by atoms with Crippen molar-refractivity contribution >= 4 is 22.5 Å². The molecule has 0 spiro atoms. The van der Waals surface area contributed by atoms with E-state index in [1.54, 1.807) is 27.4 Å². The minimum absolute atomic E-state index is 0.311. The van der Waals surface area contributed by atoms with Crippen molar-refractivity contribution in [1.82, 2.24) is 15.8 Å². The molecule has 42 heavy (non-hydrogen) atoms. The van der Waals surface area contributed by atoms with E-state index in [0.29, 0.717) is 39.6 Å². The third-order valence-electron chi connectivity index (χ3n) is 7.11. The van der Waals surface area contributed by atoms with Crippen LogP contribution in [0.5, 0.6) is 23.0 Å². The SMILES string of the molecule is COc1cc(-c2cc(C(=O)NNC3=C[C@@H](c4ccccc4)Oc4ccccc43)c3ccccc3n2)cc(OC)c1OC. The number of nitrogens with zero attached hydrogens (tertiary/aromatic N) is 1. The molecule has 8 nitrogen and oxygen atoms in total. The Labute approximate surface area is 243 Å². The molecule has 0 aliphatic carbocycles. The van der Waals surface area contributed by atoms with Crippen molar-refractivity contribution in [3.63, 3.8) is 0 Å². The Morgan fingerprint density at radius 1 is 0.810 bits per heavy atom. The van der Waals surface area contributed by atoms with E-state index in [-0.39, 0.29) is 12.0 Å². The Kier molecular flexibility index (Phi) is 7.34. The number of para-hydroxylation sites is 2. The van der Waals surface area contributed by atoms with E-state index < -0.39 is 0 Å². The summed E-state index contributed by atoms with van der Waals surface area (Å²) in [6, 6.07) is 30.6. The number of nitrogens with one attached hydrogen (secondary N) is 2. The molecular weight excluding hydrogens is 530 g/mol. The number of pyridine rings is 1. The highest BCUT2D eigenvalue weighted by Crippen LogP contribution is 2.41. The van der Waals surface area contributed by atoms with Gasteiger partial charge in [-0.25, -0.2) is 4.98 Å². The number of hydrogen-bond donors (Lipinski definition) is 2. The lowest BCUT2D eigenvalue weighted by atomic mass is 10.0. The first-order valence-corrected chi connectivity index (χ1v) is 13.4. The normalized spacial score (nSPS) is 13.8. The summed E-state index contributed by atoms with van der Waals surface area (Å²) in [5.41, 5.74) is 11.1. The number of hydrogen-bond acceptors (Lipinski definition) is 7. The van der Waals surface area contributed by atoms with Crippen molar-refractivity contribution in [3.8, 4) is 34.3 Å². The van der Waals surface area contributed by atoms with Crippen molar-refractivity contribution < 1.29 is 23.7 Å². The lowest BCUT2D eigenvalue weighted by Crippen LogP contribution is -2.37. The van der Waals surface area contributed by atoms with E-state index in [1.165, 1.54) is 0 Å². The molecule has 2 N–H and O–H groups in total. The molecule has 6 rings (SSSR count). The Morgan fingerprint density at radius 3 is 2.24 bits per heavy atom. The minimum Gasteiger partial charge on any atom is -0.493 e. The Morgan fingerprint density at radius 2 is 1.50 bits per heavy atom. The van der Waals surface area contributed by atoms with E-state index in [0.717, 1.165) is 28.0 Å². The summed E-state index contributed by atoms with van der Waals surface area (Å²) in [6.45, 7) is 0. The van der Waals surface area contributed by atoms with Gasteiger partial charge in [-0.1, -0.05) is 60.7 Å². The summed E-state index contributed by atoms with van der Waals surface area (Å²) in [4.78, 5) is 18.6. The fraction of sp³-hybridized carbons (Fsp3) is 0.118. The number of methoxy groups -OCH3 is 3. The Bertz CT molecular complexity index is 1780. The van der Waals surface area contributed by atoms with Gasteiger partial charge in [-0.2, -0.15) is 0 Å². The highest BCUT2D eigenvalue weighted by atomic mass is 16.5. The monoisotopic (exact) mass is 559 g/mol. The smallest absolute Gasteiger partial charge is 0.270 e. The van der Waals surface area contributed by atoms with Crippen molar-refractivity contribution in [2.24, 2.45) is 0 Å². The molecule has 0 saturated heterocycles. The van der Waals surface area contributed by atoms with Gasteiger partial charge >= 0.3 is 0 Å². The van der Waals surface area contributed by atoms with E-state index in [2.05, 4.69) is 10.9 Å². The molecule has 4 aromatic carbocycles. The van der Waals surface area contributed by atoms with E-state index in [9.17, 15) is 4.79 Å². The molecule has 210 valence electrons. The molecule has 0 fully saturated rings. The summed E-state index contributed by atoms with van der Waals surface area (Å²) in [6.07, 6.45) is 1.65. The molecule has 8 heteroatoms. The highest BCUT2D eigenvalue weighted by Gasteiger charge is 2.23. The fourth-order valence-corrected chi connectivity index (χ4v) is 5.05. The quantitative estimate of drug-likeness (QED) is 0.215. The minimum atomic E-state index is -0.316. The van der Waals surface area contributed by atoms with Crippen LogP contribution in [0.3, 0.4) is 0 Å². The molecule has 1 aromatic heterocycles. The van der Waals surface area contributed by atoms with Crippen molar-refractivity contribution in [2.75, 3.05) is 21.3 Å². The number of ether oxygens (including phenoxy) is 4. The van der Waals surface area contributed by atoms with Gasteiger partial charge in [0.25, 0.3) is 5.91 Å². The molecule has 1 aliphatic heterocycles. The molecule has 5 aromatic rings. The van der Waals surface area contributed by atoms with E-state index >= 15 is 0 Å². The summed E-state index contributed by atoms with van der Waals surface area (Å²) < 4.78 is 22.8. The largest absolute Gasteiger partial charge is 0.493 e. The van der Waals surface area contributed by atoms with Crippen molar-refractivity contribution in [1.29, 1.82) is 0 Å². The number of carbonyl (C=O) groups excluding carboxylic acids is 1. The number of carbonyl (C=O) groups is 1. The molecular formula is C34H29N3O5.